The first-order valence-corrected chi connectivity index (χ1v) is 7.77. The molecule has 2 amide bonds. The van der Waals surface area contributed by atoms with E-state index in [0.717, 1.165) is 5.39 Å². The number of likely N-dealkylation sites (tertiary alicyclic amines) is 1. The lowest BCUT2D eigenvalue weighted by atomic mass is 10.1. The number of benzene rings is 1. The summed E-state index contributed by atoms with van der Waals surface area (Å²) in [6, 6.07) is 8.18. The molecule has 24 heavy (non-hydrogen) atoms. The number of rotatable bonds is 3. The number of hydrogen-bond acceptors (Lipinski definition) is 5. The van der Waals surface area contributed by atoms with Crippen LogP contribution in [0.25, 0.3) is 10.9 Å². The first-order chi connectivity index (χ1) is 11.5. The molecule has 2 aromatic rings. The molecular formula is C17H20N4O3. The molecule has 1 fully saturated rings. The Bertz CT molecular complexity index is 792. The molecule has 1 aromatic heterocycles. The number of ether oxygens (including phenoxy) is 1. The van der Waals surface area contributed by atoms with Crippen LogP contribution in [0.3, 0.4) is 0 Å². The summed E-state index contributed by atoms with van der Waals surface area (Å²) in [6.07, 6.45) is 0.450. The monoisotopic (exact) mass is 328 g/mol. The van der Waals surface area contributed by atoms with Crippen molar-refractivity contribution < 1.29 is 14.3 Å². The van der Waals surface area contributed by atoms with E-state index in [0.29, 0.717) is 29.9 Å². The number of nitrogens with zero attached hydrogens (tertiary/aromatic N) is 2. The number of likely N-dealkylation sites (N-methyl/N-ethyl adjacent to an activating group) is 1. The molecule has 1 saturated heterocycles. The molecule has 2 atom stereocenters. The average Bonchev–Trinajstić information content (AvgIpc) is 3.01. The second-order valence-corrected chi connectivity index (χ2v) is 5.81. The van der Waals surface area contributed by atoms with E-state index in [1.54, 1.807) is 13.1 Å². The molecule has 0 radical (unpaired) electrons. The quantitative estimate of drug-likeness (QED) is 0.856. The number of fused-ring (bicyclic) bond motifs is 1. The minimum Gasteiger partial charge on any atom is -0.481 e. The highest BCUT2D eigenvalue weighted by molar-refractivity contribution is 6.07. The molecule has 2 heterocycles. The van der Waals surface area contributed by atoms with E-state index in [2.05, 4.69) is 10.3 Å². The summed E-state index contributed by atoms with van der Waals surface area (Å²) in [7, 11) is 3.06. The molecule has 0 bridgehead atoms. The second kappa shape index (κ2) is 6.45. The molecule has 0 saturated carbocycles. The standard InChI is InChI=1S/C17H20N4O3/c1-19-16(22)14-7-10(18)9-21(14)17(23)12-8-15(24-2)20-13-6-4-3-5-11(12)13/h3-6,8,10,14H,7,9,18H2,1-2H3,(H,19,22)/t10-,14+/m1/s1. The van der Waals surface area contributed by atoms with Crippen LogP contribution in [0.1, 0.15) is 16.8 Å². The van der Waals surface area contributed by atoms with Gasteiger partial charge in [0, 0.05) is 31.1 Å². The fourth-order valence-corrected chi connectivity index (χ4v) is 3.10. The van der Waals surface area contributed by atoms with Gasteiger partial charge in [-0.05, 0) is 12.5 Å². The van der Waals surface area contributed by atoms with E-state index in [1.807, 2.05) is 24.3 Å². The summed E-state index contributed by atoms with van der Waals surface area (Å²) in [5.41, 5.74) is 7.11. The first kappa shape index (κ1) is 16.2. The molecular weight excluding hydrogens is 308 g/mol. The van der Waals surface area contributed by atoms with Gasteiger partial charge >= 0.3 is 0 Å². The highest BCUT2D eigenvalue weighted by Gasteiger charge is 2.38. The van der Waals surface area contributed by atoms with Crippen molar-refractivity contribution in [1.29, 1.82) is 0 Å². The molecule has 126 valence electrons. The van der Waals surface area contributed by atoms with E-state index in [4.69, 9.17) is 10.5 Å². The lowest BCUT2D eigenvalue weighted by Gasteiger charge is -2.24. The van der Waals surface area contributed by atoms with Gasteiger partial charge in [0.2, 0.25) is 11.8 Å². The average molecular weight is 328 g/mol. The fourth-order valence-electron chi connectivity index (χ4n) is 3.10. The highest BCUT2D eigenvalue weighted by atomic mass is 16.5. The van der Waals surface area contributed by atoms with Gasteiger partial charge in [0.05, 0.1) is 18.2 Å². The number of para-hydroxylation sites is 1. The van der Waals surface area contributed by atoms with E-state index >= 15 is 0 Å². The van der Waals surface area contributed by atoms with Crippen LogP contribution in [0.2, 0.25) is 0 Å². The van der Waals surface area contributed by atoms with Crippen molar-refractivity contribution in [3.05, 3.63) is 35.9 Å². The molecule has 1 aliphatic rings. The molecule has 1 aromatic carbocycles. The van der Waals surface area contributed by atoms with Gasteiger partial charge in [-0.1, -0.05) is 18.2 Å². The largest absolute Gasteiger partial charge is 0.481 e. The smallest absolute Gasteiger partial charge is 0.255 e. The predicted molar refractivity (Wildman–Crippen MR) is 89.8 cm³/mol. The van der Waals surface area contributed by atoms with Crippen molar-refractivity contribution in [2.75, 3.05) is 20.7 Å². The molecule has 3 N–H and O–H groups in total. The van der Waals surface area contributed by atoms with Crippen molar-refractivity contribution in [3.63, 3.8) is 0 Å². The van der Waals surface area contributed by atoms with Gasteiger partial charge in [0.25, 0.3) is 5.91 Å². The van der Waals surface area contributed by atoms with Crippen LogP contribution in [-0.2, 0) is 4.79 Å². The van der Waals surface area contributed by atoms with Gasteiger partial charge in [-0.2, -0.15) is 0 Å². The van der Waals surface area contributed by atoms with Crippen LogP contribution in [0.5, 0.6) is 5.88 Å². The minimum absolute atomic E-state index is 0.207. The molecule has 7 heteroatoms. The number of aromatic nitrogens is 1. The van der Waals surface area contributed by atoms with Crippen molar-refractivity contribution in [2.24, 2.45) is 5.73 Å². The van der Waals surface area contributed by atoms with Crippen molar-refractivity contribution in [2.45, 2.75) is 18.5 Å². The topological polar surface area (TPSA) is 97.6 Å². The Labute approximate surface area is 139 Å². The Hall–Kier alpha value is -2.67. The van der Waals surface area contributed by atoms with Crippen molar-refractivity contribution >= 4 is 22.7 Å². The molecule has 3 rings (SSSR count). The zero-order chi connectivity index (χ0) is 17.3. The van der Waals surface area contributed by atoms with E-state index in [9.17, 15) is 9.59 Å². The Balaban J connectivity index is 2.06. The molecule has 0 aliphatic carbocycles. The molecule has 1 aliphatic heterocycles. The molecule has 0 unspecified atom stereocenters. The lowest BCUT2D eigenvalue weighted by Crippen LogP contribution is -2.45. The summed E-state index contributed by atoms with van der Waals surface area (Å²) >= 11 is 0. The number of amides is 2. The summed E-state index contributed by atoms with van der Waals surface area (Å²) in [5, 5.41) is 3.32. The van der Waals surface area contributed by atoms with Crippen molar-refractivity contribution in [3.8, 4) is 5.88 Å². The highest BCUT2D eigenvalue weighted by Crippen LogP contribution is 2.26. The summed E-state index contributed by atoms with van der Waals surface area (Å²) in [4.78, 5) is 31.1. The van der Waals surface area contributed by atoms with Gasteiger partial charge in [-0.3, -0.25) is 9.59 Å². The summed E-state index contributed by atoms with van der Waals surface area (Å²) < 4.78 is 5.21. The van der Waals surface area contributed by atoms with Crippen molar-refractivity contribution in [1.82, 2.24) is 15.2 Å². The number of methoxy groups -OCH3 is 1. The molecule has 7 nitrogen and oxygen atoms in total. The lowest BCUT2D eigenvalue weighted by molar-refractivity contribution is -0.124. The van der Waals surface area contributed by atoms with Gasteiger partial charge in [-0.25, -0.2) is 4.98 Å². The fraction of sp³-hybridized carbons (Fsp3) is 0.353. The van der Waals surface area contributed by atoms with Gasteiger partial charge in [-0.15, -0.1) is 0 Å². The van der Waals surface area contributed by atoms with Crippen LogP contribution >= 0.6 is 0 Å². The number of nitrogens with one attached hydrogen (secondary N) is 1. The van der Waals surface area contributed by atoms with Crippen LogP contribution in [-0.4, -0.2) is 54.5 Å². The number of carbonyl (C=O) groups excluding carboxylic acids is 2. The zero-order valence-corrected chi connectivity index (χ0v) is 13.7. The van der Waals surface area contributed by atoms with Gasteiger partial charge < -0.3 is 20.7 Å². The number of nitrogens with two attached hydrogens (primary N) is 1. The third kappa shape index (κ3) is 2.78. The summed E-state index contributed by atoms with van der Waals surface area (Å²) in [5.74, 6) is -0.0906. The maximum absolute atomic E-state index is 13.1. The summed E-state index contributed by atoms with van der Waals surface area (Å²) in [6.45, 7) is 0.343. The Morgan fingerprint density at radius 2 is 2.12 bits per heavy atom. The first-order valence-electron chi connectivity index (χ1n) is 7.77. The van der Waals surface area contributed by atoms with E-state index in [-0.39, 0.29) is 17.9 Å². The van der Waals surface area contributed by atoms with Crippen LogP contribution in [0.15, 0.2) is 30.3 Å². The number of hydrogen-bond donors (Lipinski definition) is 2. The predicted octanol–water partition coefficient (Wildman–Crippen LogP) is 0.531. The second-order valence-electron chi connectivity index (χ2n) is 5.81. The van der Waals surface area contributed by atoms with Crippen LogP contribution in [0.4, 0.5) is 0 Å². The normalized spacial score (nSPS) is 20.2. The van der Waals surface area contributed by atoms with Gasteiger partial charge in [0.15, 0.2) is 0 Å². The molecule has 0 spiro atoms. The number of pyridine rings is 1. The third-order valence-corrected chi connectivity index (χ3v) is 4.28. The van der Waals surface area contributed by atoms with E-state index in [1.165, 1.54) is 12.0 Å². The zero-order valence-electron chi connectivity index (χ0n) is 13.7. The SMILES string of the molecule is CNC(=O)[C@@H]1C[C@@H](N)CN1C(=O)c1cc(OC)nc2ccccc12. The maximum Gasteiger partial charge on any atom is 0.255 e. The Morgan fingerprint density at radius 1 is 1.38 bits per heavy atom. The van der Waals surface area contributed by atoms with Crippen LogP contribution < -0.4 is 15.8 Å². The Morgan fingerprint density at radius 3 is 2.83 bits per heavy atom. The third-order valence-electron chi connectivity index (χ3n) is 4.28. The number of carbonyl (C=O) groups is 2. The van der Waals surface area contributed by atoms with Gasteiger partial charge in [0.1, 0.15) is 6.04 Å². The Kier molecular flexibility index (Phi) is 4.35. The van der Waals surface area contributed by atoms with Crippen LogP contribution in [0, 0.1) is 0 Å². The van der Waals surface area contributed by atoms with E-state index < -0.39 is 6.04 Å². The minimum atomic E-state index is -0.560. The maximum atomic E-state index is 13.1.